The monoisotopic (exact) mass is 450 g/mol. The first-order valence-corrected chi connectivity index (χ1v) is 9.00. The Morgan fingerprint density at radius 1 is 1.43 bits per heavy atom. The molecule has 0 aliphatic carbocycles. The van der Waals surface area contributed by atoms with Crippen LogP contribution in [0.5, 0.6) is 0 Å². The smallest absolute Gasteiger partial charge is 0.193 e. The SMILES string of the molecule is CN=C(NCCc1nc(C(C)(C)C)cs1)N1CCC(C)(C)C1.I. The predicted octanol–water partition coefficient (Wildman–Crippen LogP) is 3.91. The quantitative estimate of drug-likeness (QED) is 0.431. The van der Waals surface area contributed by atoms with Crippen LogP contribution in [-0.2, 0) is 11.8 Å². The number of aromatic nitrogens is 1. The first-order chi connectivity index (χ1) is 10.2. The summed E-state index contributed by atoms with van der Waals surface area (Å²) in [4.78, 5) is 11.5. The van der Waals surface area contributed by atoms with Gasteiger partial charge in [0, 0.05) is 43.9 Å². The van der Waals surface area contributed by atoms with Gasteiger partial charge in [0.1, 0.15) is 0 Å². The molecule has 0 aromatic carbocycles. The van der Waals surface area contributed by atoms with E-state index in [-0.39, 0.29) is 29.4 Å². The van der Waals surface area contributed by atoms with Crippen molar-refractivity contribution in [3.05, 3.63) is 16.1 Å². The van der Waals surface area contributed by atoms with Gasteiger partial charge in [0.25, 0.3) is 0 Å². The van der Waals surface area contributed by atoms with E-state index >= 15 is 0 Å². The maximum atomic E-state index is 4.75. The van der Waals surface area contributed by atoms with Crippen molar-refractivity contribution < 1.29 is 0 Å². The van der Waals surface area contributed by atoms with E-state index < -0.39 is 0 Å². The van der Waals surface area contributed by atoms with Crippen LogP contribution in [0, 0.1) is 5.41 Å². The van der Waals surface area contributed by atoms with Gasteiger partial charge in [0.15, 0.2) is 5.96 Å². The lowest BCUT2D eigenvalue weighted by molar-refractivity contribution is 0.370. The molecule has 1 aliphatic rings. The molecule has 0 atom stereocenters. The molecule has 1 aromatic rings. The van der Waals surface area contributed by atoms with Crippen molar-refractivity contribution in [2.45, 2.75) is 52.9 Å². The minimum atomic E-state index is 0. The first-order valence-electron chi connectivity index (χ1n) is 8.12. The molecule has 4 nitrogen and oxygen atoms in total. The molecular weight excluding hydrogens is 419 g/mol. The van der Waals surface area contributed by atoms with E-state index in [9.17, 15) is 0 Å². The minimum Gasteiger partial charge on any atom is -0.356 e. The average Bonchev–Trinajstić information content (AvgIpc) is 3.01. The largest absolute Gasteiger partial charge is 0.356 e. The second kappa shape index (κ2) is 8.14. The third-order valence-electron chi connectivity index (χ3n) is 4.13. The van der Waals surface area contributed by atoms with Crippen LogP contribution in [0.25, 0.3) is 0 Å². The molecule has 0 bridgehead atoms. The van der Waals surface area contributed by atoms with Crippen molar-refractivity contribution >= 4 is 41.3 Å². The lowest BCUT2D eigenvalue weighted by Gasteiger charge is -2.23. The molecule has 23 heavy (non-hydrogen) atoms. The van der Waals surface area contributed by atoms with Crippen molar-refractivity contribution in [2.24, 2.45) is 10.4 Å². The van der Waals surface area contributed by atoms with Gasteiger partial charge in [-0.3, -0.25) is 4.99 Å². The number of nitrogens with zero attached hydrogens (tertiary/aromatic N) is 3. The van der Waals surface area contributed by atoms with Crippen LogP contribution >= 0.6 is 35.3 Å². The highest BCUT2D eigenvalue weighted by atomic mass is 127. The Morgan fingerprint density at radius 3 is 2.61 bits per heavy atom. The molecule has 1 aromatic heterocycles. The van der Waals surface area contributed by atoms with E-state index in [2.05, 4.69) is 55.2 Å². The van der Waals surface area contributed by atoms with E-state index in [1.165, 1.54) is 17.1 Å². The zero-order chi connectivity index (χ0) is 16.4. The number of guanidine groups is 1. The highest BCUT2D eigenvalue weighted by Crippen LogP contribution is 2.28. The van der Waals surface area contributed by atoms with Gasteiger partial charge >= 0.3 is 0 Å². The molecule has 1 aliphatic heterocycles. The van der Waals surface area contributed by atoms with E-state index in [0.29, 0.717) is 5.41 Å². The van der Waals surface area contributed by atoms with E-state index in [0.717, 1.165) is 32.0 Å². The maximum Gasteiger partial charge on any atom is 0.193 e. The predicted molar refractivity (Wildman–Crippen MR) is 111 cm³/mol. The first kappa shape index (κ1) is 20.7. The summed E-state index contributed by atoms with van der Waals surface area (Å²) in [6.07, 6.45) is 2.19. The van der Waals surface area contributed by atoms with Crippen LogP contribution in [0.4, 0.5) is 0 Å². The zero-order valence-electron chi connectivity index (χ0n) is 15.3. The second-order valence-corrected chi connectivity index (χ2v) is 8.88. The molecule has 6 heteroatoms. The Hall–Kier alpha value is -0.370. The molecule has 0 unspecified atom stereocenters. The molecule has 1 fully saturated rings. The summed E-state index contributed by atoms with van der Waals surface area (Å²) in [5.74, 6) is 1.03. The van der Waals surface area contributed by atoms with Gasteiger partial charge in [0.05, 0.1) is 10.7 Å². The minimum absolute atomic E-state index is 0. The van der Waals surface area contributed by atoms with Crippen molar-refractivity contribution in [3.63, 3.8) is 0 Å². The normalized spacial score (nSPS) is 18.0. The maximum absolute atomic E-state index is 4.75. The summed E-state index contributed by atoms with van der Waals surface area (Å²) in [6.45, 7) is 14.3. The summed E-state index contributed by atoms with van der Waals surface area (Å²) >= 11 is 1.76. The molecule has 2 heterocycles. The summed E-state index contributed by atoms with van der Waals surface area (Å²) in [7, 11) is 1.87. The summed E-state index contributed by atoms with van der Waals surface area (Å²) in [5, 5.41) is 6.88. The third-order valence-corrected chi connectivity index (χ3v) is 5.04. The number of rotatable bonds is 3. The number of thiazole rings is 1. The topological polar surface area (TPSA) is 40.5 Å². The van der Waals surface area contributed by atoms with Crippen molar-refractivity contribution in [1.29, 1.82) is 0 Å². The fourth-order valence-corrected chi connectivity index (χ4v) is 3.70. The van der Waals surface area contributed by atoms with Gasteiger partial charge in [-0.1, -0.05) is 34.6 Å². The van der Waals surface area contributed by atoms with Crippen LogP contribution < -0.4 is 5.32 Å². The van der Waals surface area contributed by atoms with Gasteiger partial charge < -0.3 is 10.2 Å². The standard InChI is InChI=1S/C17H30N4S.HI/c1-16(2,3)13-11-22-14(20-13)7-9-19-15(18-6)21-10-8-17(4,5)12-21;/h11H,7-10,12H2,1-6H3,(H,18,19);1H. The highest BCUT2D eigenvalue weighted by Gasteiger charge is 2.30. The molecule has 1 N–H and O–H groups in total. The lowest BCUT2D eigenvalue weighted by atomic mass is 9.93. The number of hydrogen-bond acceptors (Lipinski definition) is 3. The molecule has 0 saturated carbocycles. The summed E-state index contributed by atoms with van der Waals surface area (Å²) in [6, 6.07) is 0. The highest BCUT2D eigenvalue weighted by molar-refractivity contribution is 14.0. The van der Waals surface area contributed by atoms with Crippen LogP contribution in [0.1, 0.15) is 51.7 Å². The average molecular weight is 450 g/mol. The van der Waals surface area contributed by atoms with E-state index in [4.69, 9.17) is 4.98 Å². The second-order valence-electron chi connectivity index (χ2n) is 7.94. The van der Waals surface area contributed by atoms with Crippen LogP contribution in [0.15, 0.2) is 10.4 Å². The number of aliphatic imine (C=N–C) groups is 1. The number of likely N-dealkylation sites (tertiary alicyclic amines) is 1. The molecule has 0 radical (unpaired) electrons. The fraction of sp³-hybridized carbons (Fsp3) is 0.765. The number of hydrogen-bond donors (Lipinski definition) is 1. The van der Waals surface area contributed by atoms with Crippen molar-refractivity contribution in [1.82, 2.24) is 15.2 Å². The Kier molecular flexibility index (Phi) is 7.32. The molecule has 0 amide bonds. The summed E-state index contributed by atoms with van der Waals surface area (Å²) < 4.78 is 0. The molecule has 2 rings (SSSR count). The molecule has 0 spiro atoms. The summed E-state index contributed by atoms with van der Waals surface area (Å²) in [5.41, 5.74) is 1.73. The Labute approximate surface area is 162 Å². The zero-order valence-corrected chi connectivity index (χ0v) is 18.4. The van der Waals surface area contributed by atoms with Crippen LogP contribution in [-0.4, -0.2) is 42.5 Å². The lowest BCUT2D eigenvalue weighted by Crippen LogP contribution is -2.41. The van der Waals surface area contributed by atoms with Gasteiger partial charge in [-0.05, 0) is 11.8 Å². The van der Waals surface area contributed by atoms with Gasteiger partial charge in [0.2, 0.25) is 0 Å². The van der Waals surface area contributed by atoms with Crippen molar-refractivity contribution in [2.75, 3.05) is 26.7 Å². The van der Waals surface area contributed by atoms with Gasteiger partial charge in [-0.15, -0.1) is 35.3 Å². The van der Waals surface area contributed by atoms with Gasteiger partial charge in [-0.2, -0.15) is 0 Å². The Bertz CT molecular complexity index is 531. The number of halogens is 1. The molecular formula is C17H31IN4S. The molecule has 1 saturated heterocycles. The van der Waals surface area contributed by atoms with Gasteiger partial charge in [-0.25, -0.2) is 4.98 Å². The van der Waals surface area contributed by atoms with E-state index in [1.807, 2.05) is 7.05 Å². The van der Waals surface area contributed by atoms with Crippen LogP contribution in [0.3, 0.4) is 0 Å². The van der Waals surface area contributed by atoms with Crippen LogP contribution in [0.2, 0.25) is 0 Å². The number of nitrogens with one attached hydrogen (secondary N) is 1. The van der Waals surface area contributed by atoms with Crippen molar-refractivity contribution in [3.8, 4) is 0 Å². The Balaban J connectivity index is 0.00000264. The molecule has 132 valence electrons. The fourth-order valence-electron chi connectivity index (χ4n) is 2.68. The Morgan fingerprint density at radius 2 is 2.13 bits per heavy atom. The third kappa shape index (κ3) is 5.89. The van der Waals surface area contributed by atoms with E-state index in [1.54, 1.807) is 11.3 Å².